The van der Waals surface area contributed by atoms with E-state index in [4.69, 9.17) is 27.2 Å². The molecule has 0 aliphatic carbocycles. The molecule has 3 N–H and O–H groups in total. The van der Waals surface area contributed by atoms with Crippen molar-refractivity contribution in [1.82, 2.24) is 4.57 Å². The van der Waals surface area contributed by atoms with Crippen LogP contribution in [0.2, 0.25) is 5.02 Å². The van der Waals surface area contributed by atoms with Crippen LogP contribution in [0.25, 0.3) is 10.9 Å². The lowest BCUT2D eigenvalue weighted by Gasteiger charge is -2.09. The van der Waals surface area contributed by atoms with E-state index in [1.807, 2.05) is 10.6 Å². The third kappa shape index (κ3) is 5.31. The van der Waals surface area contributed by atoms with Crippen molar-refractivity contribution >= 4 is 34.4 Å². The number of carbonyl (C=O) groups is 2. The van der Waals surface area contributed by atoms with Crippen LogP contribution in [0, 0.1) is 0 Å². The van der Waals surface area contributed by atoms with Gasteiger partial charge in [0, 0.05) is 25.2 Å². The number of rotatable bonds is 5. The molecule has 10 heteroatoms. The van der Waals surface area contributed by atoms with Crippen molar-refractivity contribution in [3.8, 4) is 0 Å². The highest BCUT2D eigenvalue weighted by Gasteiger charge is 2.34. The number of benzene rings is 2. The fourth-order valence-corrected chi connectivity index (χ4v) is 3.06. The molecule has 2 aromatic carbocycles. The lowest BCUT2D eigenvalue weighted by Crippen LogP contribution is -2.18. The first kappa shape index (κ1) is 23.2. The quantitative estimate of drug-likeness (QED) is 0.610. The second-order valence-electron chi connectivity index (χ2n) is 6.08. The van der Waals surface area contributed by atoms with E-state index in [1.165, 1.54) is 12.1 Å². The fourth-order valence-electron chi connectivity index (χ4n) is 2.79. The molecule has 0 saturated heterocycles. The van der Waals surface area contributed by atoms with Gasteiger partial charge in [-0.15, -0.1) is 0 Å². The van der Waals surface area contributed by atoms with E-state index in [9.17, 15) is 22.8 Å². The van der Waals surface area contributed by atoms with E-state index in [2.05, 4.69) is 0 Å². The Bertz CT molecular complexity index is 1060. The number of methoxy groups -OCH3 is 1. The molecular formula is C20H18ClF3N2O4. The molecule has 0 unspecified atom stereocenters. The molecule has 30 heavy (non-hydrogen) atoms. The Hall–Kier alpha value is -3.04. The summed E-state index contributed by atoms with van der Waals surface area (Å²) in [6.45, 7) is 1.12. The summed E-state index contributed by atoms with van der Waals surface area (Å²) in [7, 11) is 1.61. The van der Waals surface area contributed by atoms with Gasteiger partial charge >= 0.3 is 12.1 Å². The van der Waals surface area contributed by atoms with Crippen LogP contribution in [-0.2, 0) is 17.5 Å². The maximum atomic E-state index is 12.2. The average molecular weight is 443 g/mol. The molecule has 1 amide bonds. The van der Waals surface area contributed by atoms with Gasteiger partial charge in [-0.05, 0) is 24.3 Å². The van der Waals surface area contributed by atoms with E-state index in [0.717, 1.165) is 17.6 Å². The van der Waals surface area contributed by atoms with Crippen molar-refractivity contribution in [3.63, 3.8) is 0 Å². The lowest BCUT2D eigenvalue weighted by molar-refractivity contribution is -0.137. The number of ether oxygens (including phenoxy) is 1. The summed E-state index contributed by atoms with van der Waals surface area (Å²) >= 11 is 6.05. The van der Waals surface area contributed by atoms with Gasteiger partial charge in [0.05, 0.1) is 33.8 Å². The van der Waals surface area contributed by atoms with Gasteiger partial charge in [-0.3, -0.25) is 4.79 Å². The van der Waals surface area contributed by atoms with Gasteiger partial charge in [0.25, 0.3) is 0 Å². The Kier molecular flexibility index (Phi) is 7.47. The van der Waals surface area contributed by atoms with Crippen LogP contribution in [0.1, 0.15) is 26.3 Å². The number of alkyl halides is 3. The standard InChI is InChI=1S/C12H12ClNO3.C8H6F3NO/c1-17-6-5-14-7-8(12(15)16)11-9(13)3-2-4-10(11)14;9-8(10,11)6-4-2-1-3-5(6)7(12)13/h2-4,7H,5-6H2,1H3,(H,15,16);1-4H,(H2,12,13). The number of carbonyl (C=O) groups excluding carboxylic acids is 1. The van der Waals surface area contributed by atoms with Gasteiger partial charge in [0.1, 0.15) is 0 Å². The highest BCUT2D eigenvalue weighted by Crippen LogP contribution is 2.31. The van der Waals surface area contributed by atoms with Crippen molar-refractivity contribution in [2.75, 3.05) is 13.7 Å². The number of nitrogens with zero attached hydrogens (tertiary/aromatic N) is 1. The smallest absolute Gasteiger partial charge is 0.417 e. The Morgan fingerprint density at radius 2 is 1.80 bits per heavy atom. The molecule has 0 bridgehead atoms. The molecule has 3 rings (SSSR count). The summed E-state index contributed by atoms with van der Waals surface area (Å²) in [5.74, 6) is -2.05. The van der Waals surface area contributed by atoms with E-state index >= 15 is 0 Å². The van der Waals surface area contributed by atoms with Crippen LogP contribution < -0.4 is 5.73 Å². The third-order valence-corrected chi connectivity index (χ3v) is 4.43. The number of aromatic carboxylic acids is 1. The summed E-state index contributed by atoms with van der Waals surface area (Å²) < 4.78 is 43.4. The zero-order valence-electron chi connectivity index (χ0n) is 15.7. The molecule has 1 aromatic heterocycles. The summed E-state index contributed by atoms with van der Waals surface area (Å²) in [5, 5.41) is 10.2. The fraction of sp³-hybridized carbons (Fsp3) is 0.200. The minimum Gasteiger partial charge on any atom is -0.478 e. The molecular weight excluding hydrogens is 425 g/mol. The molecule has 0 atom stereocenters. The number of halogens is 4. The summed E-state index contributed by atoms with van der Waals surface area (Å²) in [4.78, 5) is 21.7. The molecule has 0 aliphatic rings. The Balaban J connectivity index is 0.000000222. The second kappa shape index (κ2) is 9.64. The number of hydrogen-bond donors (Lipinski definition) is 2. The van der Waals surface area contributed by atoms with Gasteiger partial charge < -0.3 is 20.1 Å². The van der Waals surface area contributed by atoms with E-state index in [0.29, 0.717) is 23.6 Å². The number of carboxylic acid groups (broad SMARTS) is 1. The number of carboxylic acids is 1. The van der Waals surface area contributed by atoms with Crippen molar-refractivity contribution < 1.29 is 32.6 Å². The number of nitrogens with two attached hydrogens (primary N) is 1. The Morgan fingerprint density at radius 3 is 2.33 bits per heavy atom. The first-order valence-electron chi connectivity index (χ1n) is 8.53. The van der Waals surface area contributed by atoms with Gasteiger partial charge in [0.15, 0.2) is 0 Å². The van der Waals surface area contributed by atoms with Crippen molar-refractivity contribution in [3.05, 3.63) is 70.4 Å². The second-order valence-corrected chi connectivity index (χ2v) is 6.48. The molecule has 0 aliphatic heterocycles. The highest BCUT2D eigenvalue weighted by atomic mass is 35.5. The number of primary amides is 1. The van der Waals surface area contributed by atoms with Crippen LogP contribution in [0.15, 0.2) is 48.7 Å². The normalized spacial score (nSPS) is 11.1. The minimum absolute atomic E-state index is 0.224. The predicted octanol–water partition coefficient (Wildman–Crippen LogP) is 4.44. The Labute approximate surface area is 174 Å². The summed E-state index contributed by atoms with van der Waals surface area (Å²) in [6, 6.07) is 9.75. The number of hydrogen-bond acceptors (Lipinski definition) is 3. The van der Waals surface area contributed by atoms with Gasteiger partial charge in [-0.25, -0.2) is 4.79 Å². The van der Waals surface area contributed by atoms with Crippen LogP contribution in [-0.4, -0.2) is 35.3 Å². The van der Waals surface area contributed by atoms with Crippen molar-refractivity contribution in [1.29, 1.82) is 0 Å². The third-order valence-electron chi connectivity index (χ3n) is 4.12. The maximum Gasteiger partial charge on any atom is 0.417 e. The highest BCUT2D eigenvalue weighted by molar-refractivity contribution is 6.36. The number of amides is 1. The minimum atomic E-state index is -4.54. The largest absolute Gasteiger partial charge is 0.478 e. The van der Waals surface area contributed by atoms with Gasteiger partial charge in [0.2, 0.25) is 5.91 Å². The molecule has 0 spiro atoms. The number of aromatic nitrogens is 1. The SMILES string of the molecule is COCCn1cc(C(=O)O)c2c(Cl)cccc21.NC(=O)c1ccccc1C(F)(F)F. The zero-order valence-corrected chi connectivity index (χ0v) is 16.5. The summed E-state index contributed by atoms with van der Waals surface area (Å²) in [6.07, 6.45) is -2.94. The van der Waals surface area contributed by atoms with Crippen LogP contribution >= 0.6 is 11.6 Å². The molecule has 6 nitrogen and oxygen atoms in total. The van der Waals surface area contributed by atoms with E-state index in [-0.39, 0.29) is 5.56 Å². The van der Waals surface area contributed by atoms with Crippen LogP contribution in [0.4, 0.5) is 13.2 Å². The predicted molar refractivity (Wildman–Crippen MR) is 106 cm³/mol. The van der Waals surface area contributed by atoms with Crippen molar-refractivity contribution in [2.24, 2.45) is 5.73 Å². The topological polar surface area (TPSA) is 94.6 Å². The van der Waals surface area contributed by atoms with E-state index < -0.39 is 29.2 Å². The van der Waals surface area contributed by atoms with Gasteiger partial charge in [-0.2, -0.15) is 13.2 Å². The van der Waals surface area contributed by atoms with Crippen LogP contribution in [0.3, 0.4) is 0 Å². The van der Waals surface area contributed by atoms with Crippen LogP contribution in [0.5, 0.6) is 0 Å². The molecule has 160 valence electrons. The van der Waals surface area contributed by atoms with E-state index in [1.54, 1.807) is 25.4 Å². The first-order valence-corrected chi connectivity index (χ1v) is 8.91. The zero-order chi connectivity index (χ0) is 22.5. The molecule has 1 heterocycles. The van der Waals surface area contributed by atoms with Crippen molar-refractivity contribution in [2.45, 2.75) is 12.7 Å². The average Bonchev–Trinajstić information content (AvgIpc) is 3.06. The molecule has 0 radical (unpaired) electrons. The Morgan fingerprint density at radius 1 is 1.13 bits per heavy atom. The molecule has 3 aromatic rings. The summed E-state index contributed by atoms with van der Waals surface area (Å²) in [5.41, 5.74) is 4.31. The monoisotopic (exact) mass is 442 g/mol. The molecule has 0 saturated carbocycles. The first-order chi connectivity index (χ1) is 14.1. The molecule has 0 fully saturated rings. The maximum absolute atomic E-state index is 12.2. The lowest BCUT2D eigenvalue weighted by atomic mass is 10.1. The number of fused-ring (bicyclic) bond motifs is 1. The van der Waals surface area contributed by atoms with Gasteiger partial charge in [-0.1, -0.05) is 29.8 Å².